The number of carbonyl (C=O) groups excluding carboxylic acids is 1. The number of halogens is 1. The highest BCUT2D eigenvalue weighted by Gasteiger charge is 2.18. The maximum Gasteiger partial charge on any atom is 0.260 e. The molecule has 110 valence electrons. The Morgan fingerprint density at radius 2 is 1.95 bits per heavy atom. The first-order chi connectivity index (χ1) is 9.65. The molecule has 0 unspecified atom stereocenters. The van der Waals surface area contributed by atoms with E-state index in [-0.39, 0.29) is 11.7 Å². The number of ether oxygens (including phenoxy) is 1. The molecule has 0 radical (unpaired) electrons. The van der Waals surface area contributed by atoms with Crippen molar-refractivity contribution >= 4 is 5.91 Å². The molecule has 1 aliphatic rings. The van der Waals surface area contributed by atoms with E-state index in [1.807, 2.05) is 0 Å². The highest BCUT2D eigenvalue weighted by Crippen LogP contribution is 2.22. The van der Waals surface area contributed by atoms with Crippen molar-refractivity contribution in [1.29, 1.82) is 0 Å². The van der Waals surface area contributed by atoms with Crippen molar-refractivity contribution in [1.82, 2.24) is 5.32 Å². The van der Waals surface area contributed by atoms with Crippen LogP contribution in [0.15, 0.2) is 24.3 Å². The molecule has 0 saturated heterocycles. The first-order valence-corrected chi connectivity index (χ1v) is 7.35. The molecule has 0 heterocycles. The first-order valence-electron chi connectivity index (χ1n) is 7.35. The van der Waals surface area contributed by atoms with Gasteiger partial charge in [0.05, 0.1) is 0 Å². The van der Waals surface area contributed by atoms with Crippen LogP contribution >= 0.6 is 0 Å². The van der Waals surface area contributed by atoms with Gasteiger partial charge in [0.15, 0.2) is 6.10 Å². The second-order valence-corrected chi connectivity index (χ2v) is 5.46. The summed E-state index contributed by atoms with van der Waals surface area (Å²) in [5.74, 6) is 0.684. The largest absolute Gasteiger partial charge is 0.481 e. The van der Waals surface area contributed by atoms with Crippen LogP contribution in [-0.2, 0) is 4.79 Å². The zero-order valence-corrected chi connectivity index (χ0v) is 11.9. The zero-order chi connectivity index (χ0) is 14.4. The molecule has 1 aliphatic carbocycles. The van der Waals surface area contributed by atoms with Gasteiger partial charge in [0.25, 0.3) is 5.91 Å². The Kier molecular flexibility index (Phi) is 5.39. The van der Waals surface area contributed by atoms with Gasteiger partial charge in [0, 0.05) is 6.54 Å². The summed E-state index contributed by atoms with van der Waals surface area (Å²) in [5, 5.41) is 2.95. The van der Waals surface area contributed by atoms with Crippen molar-refractivity contribution in [3.8, 4) is 5.75 Å². The van der Waals surface area contributed by atoms with E-state index in [1.54, 1.807) is 6.92 Å². The fourth-order valence-corrected chi connectivity index (χ4v) is 2.55. The lowest BCUT2D eigenvalue weighted by Gasteiger charge is -2.22. The third-order valence-corrected chi connectivity index (χ3v) is 3.79. The summed E-state index contributed by atoms with van der Waals surface area (Å²) in [4.78, 5) is 11.9. The van der Waals surface area contributed by atoms with E-state index >= 15 is 0 Å². The highest BCUT2D eigenvalue weighted by atomic mass is 19.1. The van der Waals surface area contributed by atoms with Crippen molar-refractivity contribution < 1.29 is 13.9 Å². The van der Waals surface area contributed by atoms with E-state index < -0.39 is 6.10 Å². The van der Waals surface area contributed by atoms with Crippen LogP contribution in [0, 0.1) is 11.7 Å². The average molecular weight is 279 g/mol. The molecular formula is C16H22FNO2. The molecule has 1 fully saturated rings. The molecule has 0 aliphatic heterocycles. The van der Waals surface area contributed by atoms with Gasteiger partial charge in [-0.15, -0.1) is 0 Å². The van der Waals surface area contributed by atoms with Crippen molar-refractivity contribution in [3.05, 3.63) is 30.1 Å². The van der Waals surface area contributed by atoms with Crippen LogP contribution in [-0.4, -0.2) is 18.6 Å². The number of nitrogens with one attached hydrogen (secondary N) is 1. The fraction of sp³-hybridized carbons (Fsp3) is 0.562. The summed E-state index contributed by atoms with van der Waals surface area (Å²) >= 11 is 0. The highest BCUT2D eigenvalue weighted by molar-refractivity contribution is 5.80. The Hall–Kier alpha value is -1.58. The summed E-state index contributed by atoms with van der Waals surface area (Å²) in [7, 11) is 0. The minimum Gasteiger partial charge on any atom is -0.481 e. The van der Waals surface area contributed by atoms with Crippen LogP contribution in [0.3, 0.4) is 0 Å². The standard InChI is InChI=1S/C16H22FNO2/c1-12(20-15-9-7-14(17)8-10-15)16(19)18-11-13-5-3-2-4-6-13/h7-10,12-13H,2-6,11H2,1H3,(H,18,19)/t12-/m1/s1. The molecule has 4 heteroatoms. The van der Waals surface area contributed by atoms with Crippen LogP contribution in [0.2, 0.25) is 0 Å². The van der Waals surface area contributed by atoms with Crippen LogP contribution < -0.4 is 10.1 Å². The van der Waals surface area contributed by atoms with Crippen molar-refractivity contribution in [2.75, 3.05) is 6.54 Å². The maximum absolute atomic E-state index is 12.8. The SMILES string of the molecule is C[C@@H](Oc1ccc(F)cc1)C(=O)NCC1CCCCC1. The van der Waals surface area contributed by atoms with Gasteiger partial charge in [-0.25, -0.2) is 4.39 Å². The van der Waals surface area contributed by atoms with E-state index in [2.05, 4.69) is 5.32 Å². The summed E-state index contributed by atoms with van der Waals surface area (Å²) < 4.78 is 18.3. The smallest absolute Gasteiger partial charge is 0.260 e. The Morgan fingerprint density at radius 1 is 1.30 bits per heavy atom. The van der Waals surface area contributed by atoms with E-state index in [9.17, 15) is 9.18 Å². The van der Waals surface area contributed by atoms with Gasteiger partial charge in [0.2, 0.25) is 0 Å². The van der Waals surface area contributed by atoms with Crippen molar-refractivity contribution in [2.24, 2.45) is 5.92 Å². The fourth-order valence-electron chi connectivity index (χ4n) is 2.55. The van der Waals surface area contributed by atoms with Gasteiger partial charge in [-0.3, -0.25) is 4.79 Å². The maximum atomic E-state index is 12.8. The third-order valence-electron chi connectivity index (χ3n) is 3.79. The number of rotatable bonds is 5. The zero-order valence-electron chi connectivity index (χ0n) is 11.9. The number of hydrogen-bond acceptors (Lipinski definition) is 2. The summed E-state index contributed by atoms with van der Waals surface area (Å²) in [6.07, 6.45) is 5.68. The number of amides is 1. The molecule has 0 aromatic heterocycles. The second kappa shape index (κ2) is 7.27. The normalized spacial score (nSPS) is 17.5. The summed E-state index contributed by atoms with van der Waals surface area (Å²) in [5.41, 5.74) is 0. The van der Waals surface area contributed by atoms with Crippen LogP contribution in [0.4, 0.5) is 4.39 Å². The Morgan fingerprint density at radius 3 is 2.60 bits per heavy atom. The molecule has 2 rings (SSSR count). The summed E-state index contributed by atoms with van der Waals surface area (Å²) in [6, 6.07) is 5.70. The van der Waals surface area contributed by atoms with Crippen molar-refractivity contribution in [3.63, 3.8) is 0 Å². The van der Waals surface area contributed by atoms with Gasteiger partial charge < -0.3 is 10.1 Å². The van der Waals surface area contributed by atoms with E-state index in [4.69, 9.17) is 4.74 Å². The lowest BCUT2D eigenvalue weighted by Crippen LogP contribution is -2.39. The van der Waals surface area contributed by atoms with E-state index in [1.165, 1.54) is 56.4 Å². The molecule has 1 saturated carbocycles. The van der Waals surface area contributed by atoms with E-state index in [0.29, 0.717) is 11.7 Å². The minimum atomic E-state index is -0.566. The van der Waals surface area contributed by atoms with Crippen LogP contribution in [0.5, 0.6) is 5.75 Å². The number of hydrogen-bond donors (Lipinski definition) is 1. The predicted molar refractivity (Wildman–Crippen MR) is 76.1 cm³/mol. The van der Waals surface area contributed by atoms with Crippen LogP contribution in [0.25, 0.3) is 0 Å². The Labute approximate surface area is 119 Å². The van der Waals surface area contributed by atoms with Gasteiger partial charge in [-0.05, 0) is 49.9 Å². The topological polar surface area (TPSA) is 38.3 Å². The van der Waals surface area contributed by atoms with Crippen molar-refractivity contribution in [2.45, 2.75) is 45.1 Å². The van der Waals surface area contributed by atoms with Gasteiger partial charge in [-0.2, -0.15) is 0 Å². The lowest BCUT2D eigenvalue weighted by atomic mass is 9.89. The number of carbonyl (C=O) groups is 1. The van der Waals surface area contributed by atoms with Crippen LogP contribution in [0.1, 0.15) is 39.0 Å². The molecule has 3 nitrogen and oxygen atoms in total. The second-order valence-electron chi connectivity index (χ2n) is 5.46. The van der Waals surface area contributed by atoms with Gasteiger partial charge in [-0.1, -0.05) is 19.3 Å². The minimum absolute atomic E-state index is 0.111. The molecular weight excluding hydrogens is 257 g/mol. The molecule has 1 N–H and O–H groups in total. The Bertz CT molecular complexity index is 427. The first kappa shape index (κ1) is 14.8. The van der Waals surface area contributed by atoms with E-state index in [0.717, 1.165) is 6.54 Å². The monoisotopic (exact) mass is 279 g/mol. The molecule has 0 spiro atoms. The quantitative estimate of drug-likeness (QED) is 0.898. The molecule has 20 heavy (non-hydrogen) atoms. The average Bonchev–Trinajstić information content (AvgIpc) is 2.48. The Balaban J connectivity index is 1.75. The summed E-state index contributed by atoms with van der Waals surface area (Å²) in [6.45, 7) is 2.44. The molecule has 0 bridgehead atoms. The van der Waals surface area contributed by atoms with Gasteiger partial charge >= 0.3 is 0 Å². The predicted octanol–water partition coefficient (Wildman–Crippen LogP) is 3.29. The lowest BCUT2D eigenvalue weighted by molar-refractivity contribution is -0.127. The van der Waals surface area contributed by atoms with Gasteiger partial charge in [0.1, 0.15) is 11.6 Å². The molecule has 1 amide bonds. The third kappa shape index (κ3) is 4.51. The molecule has 1 aromatic rings. The molecule has 1 atom stereocenters. The molecule has 1 aromatic carbocycles. The number of benzene rings is 1.